The van der Waals surface area contributed by atoms with E-state index in [4.69, 9.17) is 0 Å². The maximum Gasteiger partial charge on any atom is -0.0128 e. The summed E-state index contributed by atoms with van der Waals surface area (Å²) in [6.07, 6.45) is 9.61. The van der Waals surface area contributed by atoms with E-state index >= 15 is 0 Å². The largest absolute Gasteiger partial charge is 0.0917 e. The first kappa shape index (κ1) is 13.4. The smallest absolute Gasteiger partial charge is 0.0128 e. The second-order valence-corrected chi connectivity index (χ2v) is 5.72. The third-order valence-electron chi connectivity index (χ3n) is 4.41. The molecular formula is C18H26. The molecule has 2 unspecified atom stereocenters. The highest BCUT2D eigenvalue weighted by atomic mass is 14.5. The summed E-state index contributed by atoms with van der Waals surface area (Å²) < 4.78 is 0. The van der Waals surface area contributed by atoms with Crippen LogP contribution in [0, 0.1) is 11.8 Å². The third-order valence-corrected chi connectivity index (χ3v) is 4.41. The van der Waals surface area contributed by atoms with Crippen LogP contribution >= 0.6 is 0 Å². The second kappa shape index (κ2) is 6.22. The minimum Gasteiger partial charge on any atom is -0.0917 e. The van der Waals surface area contributed by atoms with Crippen LogP contribution in [0.1, 0.15) is 57.1 Å². The highest BCUT2D eigenvalue weighted by Gasteiger charge is 2.41. The molecule has 0 bridgehead atoms. The van der Waals surface area contributed by atoms with Gasteiger partial charge in [0.1, 0.15) is 0 Å². The zero-order valence-electron chi connectivity index (χ0n) is 12.0. The van der Waals surface area contributed by atoms with Gasteiger partial charge in [-0.1, -0.05) is 50.3 Å². The summed E-state index contributed by atoms with van der Waals surface area (Å²) in [5.74, 6) is 2.65. The van der Waals surface area contributed by atoms with Crippen molar-refractivity contribution in [3.8, 4) is 0 Å². The average Bonchev–Trinajstić information content (AvgIpc) is 3.19. The highest BCUT2D eigenvalue weighted by molar-refractivity contribution is 5.29. The van der Waals surface area contributed by atoms with Crippen molar-refractivity contribution in [2.45, 2.75) is 52.4 Å². The standard InChI is InChI=1S/C18H26/c1-4-6-7-8-14(3)17-13-18(17)16-11-9-15(5-2)10-12-16/h4,6,9-12,14,17-18H,5,7-8,13H2,1-3H3/b6-4+/t14-,17?,18?/m0/s1. The molecule has 1 aromatic rings. The molecule has 0 heteroatoms. The van der Waals surface area contributed by atoms with E-state index in [2.05, 4.69) is 57.2 Å². The van der Waals surface area contributed by atoms with Gasteiger partial charge in [0.15, 0.2) is 0 Å². The number of benzene rings is 1. The van der Waals surface area contributed by atoms with E-state index in [-0.39, 0.29) is 0 Å². The van der Waals surface area contributed by atoms with Gasteiger partial charge in [-0.3, -0.25) is 0 Å². The van der Waals surface area contributed by atoms with Crippen LogP contribution in [-0.4, -0.2) is 0 Å². The van der Waals surface area contributed by atoms with Gasteiger partial charge in [-0.2, -0.15) is 0 Å². The van der Waals surface area contributed by atoms with Gasteiger partial charge in [0.2, 0.25) is 0 Å². The maximum atomic E-state index is 2.43. The number of hydrogen-bond acceptors (Lipinski definition) is 0. The second-order valence-electron chi connectivity index (χ2n) is 5.72. The highest BCUT2D eigenvalue weighted by Crippen LogP contribution is 2.52. The van der Waals surface area contributed by atoms with Gasteiger partial charge in [-0.15, -0.1) is 0 Å². The molecule has 3 atom stereocenters. The van der Waals surface area contributed by atoms with Gasteiger partial charge in [0.25, 0.3) is 0 Å². The molecule has 0 amide bonds. The summed E-state index contributed by atoms with van der Waals surface area (Å²) in [4.78, 5) is 0. The van der Waals surface area contributed by atoms with Crippen LogP contribution in [0.25, 0.3) is 0 Å². The van der Waals surface area contributed by atoms with Gasteiger partial charge in [-0.25, -0.2) is 0 Å². The number of hydrogen-bond donors (Lipinski definition) is 0. The van der Waals surface area contributed by atoms with Crippen molar-refractivity contribution in [1.82, 2.24) is 0 Å². The van der Waals surface area contributed by atoms with Crippen molar-refractivity contribution >= 4 is 0 Å². The van der Waals surface area contributed by atoms with Gasteiger partial charge >= 0.3 is 0 Å². The molecule has 0 nitrogen and oxygen atoms in total. The zero-order valence-corrected chi connectivity index (χ0v) is 12.0. The molecule has 0 N–H and O–H groups in total. The molecule has 0 saturated heterocycles. The van der Waals surface area contributed by atoms with Crippen LogP contribution in [0.15, 0.2) is 36.4 Å². The van der Waals surface area contributed by atoms with Crippen LogP contribution in [-0.2, 0) is 6.42 Å². The Bertz CT molecular complexity index is 385. The first-order valence-corrected chi connectivity index (χ1v) is 7.46. The lowest BCUT2D eigenvalue weighted by atomic mass is 9.96. The first-order valence-electron chi connectivity index (χ1n) is 7.46. The van der Waals surface area contributed by atoms with Gasteiger partial charge in [0, 0.05) is 0 Å². The quantitative estimate of drug-likeness (QED) is 0.590. The number of aryl methyl sites for hydroxylation is 1. The SMILES string of the molecule is C/C=C/CC[C@H](C)C1CC1c1ccc(CC)cc1. The van der Waals surface area contributed by atoms with Gasteiger partial charge < -0.3 is 0 Å². The fourth-order valence-corrected chi connectivity index (χ4v) is 2.97. The molecule has 1 fully saturated rings. The Balaban J connectivity index is 1.85. The number of allylic oxidation sites excluding steroid dienone is 2. The van der Waals surface area contributed by atoms with Crippen molar-refractivity contribution in [3.63, 3.8) is 0 Å². The zero-order chi connectivity index (χ0) is 13.0. The molecule has 1 saturated carbocycles. The molecule has 0 spiro atoms. The monoisotopic (exact) mass is 242 g/mol. The third kappa shape index (κ3) is 3.25. The molecule has 98 valence electrons. The summed E-state index contributed by atoms with van der Waals surface area (Å²) in [6.45, 7) is 6.76. The first-order chi connectivity index (χ1) is 8.76. The Morgan fingerprint density at radius 1 is 1.28 bits per heavy atom. The number of rotatable bonds is 6. The topological polar surface area (TPSA) is 0 Å². The molecule has 0 aromatic heterocycles. The van der Waals surface area contributed by atoms with Crippen molar-refractivity contribution in [2.75, 3.05) is 0 Å². The lowest BCUT2D eigenvalue weighted by Crippen LogP contribution is -1.98. The fourth-order valence-electron chi connectivity index (χ4n) is 2.97. The van der Waals surface area contributed by atoms with Crippen LogP contribution < -0.4 is 0 Å². The molecule has 1 aliphatic carbocycles. The normalized spacial score (nSPS) is 24.4. The Kier molecular flexibility index (Phi) is 4.63. The van der Waals surface area contributed by atoms with Crippen molar-refractivity contribution in [1.29, 1.82) is 0 Å². The van der Waals surface area contributed by atoms with Crippen molar-refractivity contribution in [3.05, 3.63) is 47.5 Å². The van der Waals surface area contributed by atoms with E-state index in [1.54, 1.807) is 5.56 Å². The van der Waals surface area contributed by atoms with Gasteiger partial charge in [0.05, 0.1) is 0 Å². The van der Waals surface area contributed by atoms with E-state index in [9.17, 15) is 0 Å². The molecule has 0 aliphatic heterocycles. The Hall–Kier alpha value is -1.04. The van der Waals surface area contributed by atoms with Gasteiger partial charge in [-0.05, 0) is 61.5 Å². The van der Waals surface area contributed by atoms with Crippen LogP contribution in [0.5, 0.6) is 0 Å². The van der Waals surface area contributed by atoms with E-state index in [1.165, 1.54) is 24.8 Å². The summed E-state index contributed by atoms with van der Waals surface area (Å²) >= 11 is 0. The lowest BCUT2D eigenvalue weighted by Gasteiger charge is -2.09. The molecule has 18 heavy (non-hydrogen) atoms. The van der Waals surface area contributed by atoms with E-state index in [1.807, 2.05) is 0 Å². The predicted molar refractivity (Wildman–Crippen MR) is 79.9 cm³/mol. The molecule has 2 rings (SSSR count). The molecular weight excluding hydrogens is 216 g/mol. The van der Waals surface area contributed by atoms with E-state index < -0.39 is 0 Å². The summed E-state index contributed by atoms with van der Waals surface area (Å²) in [5, 5.41) is 0. The molecule has 0 radical (unpaired) electrons. The van der Waals surface area contributed by atoms with Crippen molar-refractivity contribution in [2.24, 2.45) is 11.8 Å². The minimum absolute atomic E-state index is 0.844. The lowest BCUT2D eigenvalue weighted by molar-refractivity contribution is 0.465. The maximum absolute atomic E-state index is 2.43. The molecule has 1 aromatic carbocycles. The molecule has 0 heterocycles. The van der Waals surface area contributed by atoms with Crippen molar-refractivity contribution < 1.29 is 0 Å². The van der Waals surface area contributed by atoms with Crippen LogP contribution in [0.3, 0.4) is 0 Å². The van der Waals surface area contributed by atoms with E-state index in [0.717, 1.165) is 24.2 Å². The summed E-state index contributed by atoms with van der Waals surface area (Å²) in [6, 6.07) is 9.30. The fraction of sp³-hybridized carbons (Fsp3) is 0.556. The molecule has 1 aliphatic rings. The Labute approximate surface area is 112 Å². The minimum atomic E-state index is 0.844. The Morgan fingerprint density at radius 2 is 2.00 bits per heavy atom. The van der Waals surface area contributed by atoms with Crippen LogP contribution in [0.4, 0.5) is 0 Å². The summed E-state index contributed by atoms with van der Waals surface area (Å²) in [7, 11) is 0. The Morgan fingerprint density at radius 3 is 2.61 bits per heavy atom. The average molecular weight is 242 g/mol. The predicted octanol–water partition coefficient (Wildman–Crippen LogP) is 5.34. The van der Waals surface area contributed by atoms with E-state index in [0.29, 0.717) is 0 Å². The van der Waals surface area contributed by atoms with Crippen LogP contribution in [0.2, 0.25) is 0 Å². The summed E-state index contributed by atoms with van der Waals surface area (Å²) in [5.41, 5.74) is 3.02.